The van der Waals surface area contributed by atoms with Gasteiger partial charge in [-0.15, -0.1) is 0 Å². The third-order valence-corrected chi connectivity index (χ3v) is 6.19. The average Bonchev–Trinajstić information content (AvgIpc) is 3.18. The number of nitrogens with zero attached hydrogens (tertiary/aromatic N) is 2. The zero-order chi connectivity index (χ0) is 17.9. The van der Waals surface area contributed by atoms with Crippen molar-refractivity contribution in [3.05, 3.63) is 58.0 Å². The van der Waals surface area contributed by atoms with Gasteiger partial charge in [0.25, 0.3) is 0 Å². The number of morpholine rings is 1. The third kappa shape index (κ3) is 4.26. The highest BCUT2D eigenvalue weighted by Gasteiger charge is 2.30. The first-order chi connectivity index (χ1) is 12.7. The molecule has 0 N–H and O–H groups in total. The molecule has 26 heavy (non-hydrogen) atoms. The lowest BCUT2D eigenvalue weighted by Crippen LogP contribution is -2.49. The molecule has 0 bridgehead atoms. The monoisotopic (exact) mass is 394 g/mol. The Balaban J connectivity index is 1.33. The summed E-state index contributed by atoms with van der Waals surface area (Å²) in [5, 5.41) is 1.18. The van der Waals surface area contributed by atoms with Gasteiger partial charge in [-0.05, 0) is 42.7 Å². The Morgan fingerprint density at radius 3 is 2.62 bits per heavy atom. The lowest BCUT2D eigenvalue weighted by Gasteiger charge is -2.42. The van der Waals surface area contributed by atoms with Crippen LogP contribution in [0.4, 0.5) is 0 Å². The van der Waals surface area contributed by atoms with Crippen molar-refractivity contribution in [2.75, 3.05) is 32.8 Å². The van der Waals surface area contributed by atoms with E-state index in [1.165, 1.54) is 12.8 Å². The van der Waals surface area contributed by atoms with Crippen LogP contribution in [0.2, 0.25) is 10.0 Å². The lowest BCUT2D eigenvalue weighted by atomic mass is 10.0. The van der Waals surface area contributed by atoms with Crippen molar-refractivity contribution in [1.82, 2.24) is 9.80 Å². The summed E-state index contributed by atoms with van der Waals surface area (Å²) in [6.07, 6.45) is 4.20. The zero-order valence-electron chi connectivity index (χ0n) is 14.7. The van der Waals surface area contributed by atoms with Gasteiger partial charge in [0.1, 0.15) is 5.76 Å². The molecule has 2 fully saturated rings. The van der Waals surface area contributed by atoms with E-state index in [1.807, 2.05) is 24.3 Å². The van der Waals surface area contributed by atoms with Crippen LogP contribution in [-0.2, 0) is 11.3 Å². The topological polar surface area (TPSA) is 28.9 Å². The van der Waals surface area contributed by atoms with Crippen LogP contribution in [-0.4, -0.2) is 48.6 Å². The molecule has 2 aliphatic rings. The summed E-state index contributed by atoms with van der Waals surface area (Å²) in [7, 11) is 0. The molecule has 2 saturated heterocycles. The number of likely N-dealkylation sites (tertiary alicyclic amines) is 1. The van der Waals surface area contributed by atoms with Crippen LogP contribution < -0.4 is 0 Å². The van der Waals surface area contributed by atoms with Crippen molar-refractivity contribution in [3.8, 4) is 0 Å². The first-order valence-corrected chi connectivity index (χ1v) is 10.00. The standard InChI is InChI=1S/C20H24Cl2N2O2/c21-18-4-3-15(12-19(18)22)20-14-24(9-11-26-20)16-5-7-23(8-6-16)13-17-2-1-10-25-17/h1-4,10,12,16,20H,5-9,11,13-14H2. The minimum atomic E-state index is 0.0691. The molecule has 1 atom stereocenters. The minimum absolute atomic E-state index is 0.0691. The van der Waals surface area contributed by atoms with Gasteiger partial charge in [-0.2, -0.15) is 0 Å². The normalized spacial score (nSPS) is 23.4. The fourth-order valence-electron chi connectivity index (χ4n) is 3.98. The SMILES string of the molecule is Clc1ccc(C2CN(C3CCN(Cc4ccco4)CC3)CCO2)cc1Cl. The maximum atomic E-state index is 6.18. The summed E-state index contributed by atoms with van der Waals surface area (Å²) in [5.74, 6) is 1.05. The van der Waals surface area contributed by atoms with Crippen LogP contribution in [0.3, 0.4) is 0 Å². The highest BCUT2D eigenvalue weighted by Crippen LogP contribution is 2.30. The second kappa shape index (κ2) is 8.32. The average molecular weight is 395 g/mol. The molecular formula is C20H24Cl2N2O2. The number of benzene rings is 1. The van der Waals surface area contributed by atoms with Crippen molar-refractivity contribution >= 4 is 23.2 Å². The van der Waals surface area contributed by atoms with E-state index < -0.39 is 0 Å². The van der Waals surface area contributed by atoms with Crippen LogP contribution in [0.15, 0.2) is 41.0 Å². The number of hydrogen-bond donors (Lipinski definition) is 0. The summed E-state index contributed by atoms with van der Waals surface area (Å²) < 4.78 is 11.5. The van der Waals surface area contributed by atoms with Gasteiger partial charge < -0.3 is 9.15 Å². The van der Waals surface area contributed by atoms with Gasteiger partial charge >= 0.3 is 0 Å². The second-order valence-electron chi connectivity index (χ2n) is 7.11. The first-order valence-electron chi connectivity index (χ1n) is 9.24. The molecule has 2 aromatic rings. The maximum absolute atomic E-state index is 6.18. The molecule has 4 rings (SSSR count). The molecule has 0 aliphatic carbocycles. The van der Waals surface area contributed by atoms with Crippen LogP contribution in [0.1, 0.15) is 30.3 Å². The van der Waals surface area contributed by atoms with Gasteiger partial charge in [0.2, 0.25) is 0 Å². The van der Waals surface area contributed by atoms with E-state index in [0.717, 1.165) is 50.7 Å². The number of hydrogen-bond acceptors (Lipinski definition) is 4. The van der Waals surface area contributed by atoms with Gasteiger partial charge in [-0.1, -0.05) is 29.3 Å². The Kier molecular flexibility index (Phi) is 5.87. The van der Waals surface area contributed by atoms with Gasteiger partial charge in [0, 0.05) is 32.2 Å². The number of furan rings is 1. The highest BCUT2D eigenvalue weighted by molar-refractivity contribution is 6.42. The fraction of sp³-hybridized carbons (Fsp3) is 0.500. The van der Waals surface area contributed by atoms with Gasteiger partial charge in [-0.25, -0.2) is 0 Å². The summed E-state index contributed by atoms with van der Waals surface area (Å²) in [5.41, 5.74) is 1.11. The number of halogens is 2. The Labute approximate surface area is 164 Å². The van der Waals surface area contributed by atoms with E-state index >= 15 is 0 Å². The molecule has 0 radical (unpaired) electrons. The predicted octanol–water partition coefficient (Wildman–Crippen LogP) is 4.62. The van der Waals surface area contributed by atoms with E-state index in [4.69, 9.17) is 32.4 Å². The minimum Gasteiger partial charge on any atom is -0.468 e. The molecule has 0 spiro atoms. The summed E-state index contributed by atoms with van der Waals surface area (Å²) in [4.78, 5) is 5.06. The Hall–Kier alpha value is -1.04. The molecule has 0 amide bonds. The van der Waals surface area contributed by atoms with Gasteiger partial charge in [0.15, 0.2) is 0 Å². The molecule has 0 saturated carbocycles. The predicted molar refractivity (Wildman–Crippen MR) is 104 cm³/mol. The van der Waals surface area contributed by atoms with Crippen molar-refractivity contribution in [2.45, 2.75) is 31.5 Å². The van der Waals surface area contributed by atoms with Crippen molar-refractivity contribution in [2.24, 2.45) is 0 Å². The highest BCUT2D eigenvalue weighted by atomic mass is 35.5. The van der Waals surface area contributed by atoms with Gasteiger partial charge in [-0.3, -0.25) is 9.80 Å². The molecule has 1 aromatic carbocycles. The second-order valence-corrected chi connectivity index (χ2v) is 7.93. The van der Waals surface area contributed by atoms with E-state index in [1.54, 1.807) is 6.26 Å². The molecule has 2 aliphatic heterocycles. The van der Waals surface area contributed by atoms with Crippen molar-refractivity contribution in [3.63, 3.8) is 0 Å². The van der Waals surface area contributed by atoms with Crippen molar-refractivity contribution < 1.29 is 9.15 Å². The molecule has 6 heteroatoms. The first kappa shape index (κ1) is 18.3. The van der Waals surface area contributed by atoms with Crippen LogP contribution >= 0.6 is 23.2 Å². The largest absolute Gasteiger partial charge is 0.468 e. The molecule has 140 valence electrons. The van der Waals surface area contributed by atoms with E-state index in [9.17, 15) is 0 Å². The molecule has 1 aromatic heterocycles. The van der Waals surface area contributed by atoms with E-state index in [0.29, 0.717) is 16.1 Å². The van der Waals surface area contributed by atoms with Crippen LogP contribution in [0, 0.1) is 0 Å². The number of piperidine rings is 1. The third-order valence-electron chi connectivity index (χ3n) is 5.45. The van der Waals surface area contributed by atoms with Crippen molar-refractivity contribution in [1.29, 1.82) is 0 Å². The zero-order valence-corrected chi connectivity index (χ0v) is 16.3. The summed E-state index contributed by atoms with van der Waals surface area (Å²) in [6, 6.07) is 10.4. The van der Waals surface area contributed by atoms with E-state index in [2.05, 4.69) is 15.9 Å². The van der Waals surface area contributed by atoms with Crippen LogP contribution in [0.5, 0.6) is 0 Å². The lowest BCUT2D eigenvalue weighted by molar-refractivity contribution is -0.0540. The van der Waals surface area contributed by atoms with Crippen LogP contribution in [0.25, 0.3) is 0 Å². The number of ether oxygens (including phenoxy) is 1. The Morgan fingerprint density at radius 1 is 1.04 bits per heavy atom. The molecule has 1 unspecified atom stereocenters. The summed E-state index contributed by atoms with van der Waals surface area (Å²) in [6.45, 7) is 5.81. The fourth-order valence-corrected chi connectivity index (χ4v) is 4.29. The molecular weight excluding hydrogens is 371 g/mol. The van der Waals surface area contributed by atoms with E-state index in [-0.39, 0.29) is 6.10 Å². The molecule has 3 heterocycles. The Morgan fingerprint density at radius 2 is 1.88 bits per heavy atom. The summed E-state index contributed by atoms with van der Waals surface area (Å²) >= 11 is 12.2. The number of rotatable bonds is 4. The smallest absolute Gasteiger partial charge is 0.117 e. The quantitative estimate of drug-likeness (QED) is 0.755. The Bertz CT molecular complexity index is 715. The van der Waals surface area contributed by atoms with Gasteiger partial charge in [0.05, 0.1) is 35.6 Å². The molecule has 4 nitrogen and oxygen atoms in total. The maximum Gasteiger partial charge on any atom is 0.117 e.